The molecule has 0 spiro atoms. The van der Waals surface area contributed by atoms with Crippen LogP contribution in [0.3, 0.4) is 0 Å². The van der Waals surface area contributed by atoms with Gasteiger partial charge in [-0.15, -0.1) is 0 Å². The third-order valence-corrected chi connectivity index (χ3v) is 4.60. The van der Waals surface area contributed by atoms with Crippen molar-refractivity contribution >= 4 is 46.4 Å². The smallest absolute Gasteiger partial charge is 0.255 e. The molecule has 0 heterocycles. The second-order valence-corrected chi connectivity index (χ2v) is 7.51. The number of hydrogen-bond acceptors (Lipinski definition) is 5. The monoisotopic (exact) mass is 460 g/mol. The van der Waals surface area contributed by atoms with Crippen LogP contribution >= 0.6 is 0 Å². The van der Waals surface area contributed by atoms with E-state index in [2.05, 4.69) is 21.3 Å². The van der Waals surface area contributed by atoms with Crippen LogP contribution in [0.5, 0.6) is 0 Å². The van der Waals surface area contributed by atoms with Crippen LogP contribution < -0.4 is 21.3 Å². The number of rotatable bonds is 7. The quantitative estimate of drug-likeness (QED) is 0.367. The lowest BCUT2D eigenvalue weighted by Gasteiger charge is -2.11. The summed E-state index contributed by atoms with van der Waals surface area (Å²) in [7, 11) is 0. The Balaban J connectivity index is 1.68. The minimum absolute atomic E-state index is 0.216. The van der Waals surface area contributed by atoms with Gasteiger partial charge in [0, 0.05) is 47.7 Å². The summed E-state index contributed by atoms with van der Waals surface area (Å²) in [6, 6.07) is 17.6. The fourth-order valence-electron chi connectivity index (χ4n) is 3.19. The maximum absolute atomic E-state index is 12.6. The van der Waals surface area contributed by atoms with Crippen LogP contribution in [0.25, 0.3) is 0 Å². The fourth-order valence-corrected chi connectivity index (χ4v) is 3.19. The molecule has 0 aliphatic rings. The molecule has 0 aromatic heterocycles. The molecular weight excluding hydrogens is 436 g/mol. The molecule has 174 valence electrons. The van der Waals surface area contributed by atoms with Crippen LogP contribution in [0, 0.1) is 0 Å². The lowest BCUT2D eigenvalue weighted by atomic mass is 10.1. The molecule has 34 heavy (non-hydrogen) atoms. The van der Waals surface area contributed by atoms with E-state index in [-0.39, 0.29) is 24.3 Å². The van der Waals surface area contributed by atoms with Gasteiger partial charge in [-0.25, -0.2) is 0 Å². The summed E-state index contributed by atoms with van der Waals surface area (Å²) in [6.07, 6.45) is 0. The average molecular weight is 460 g/mol. The lowest BCUT2D eigenvalue weighted by molar-refractivity contribution is -0.115. The zero-order valence-electron chi connectivity index (χ0n) is 18.6. The molecule has 0 aliphatic carbocycles. The Morgan fingerprint density at radius 1 is 0.618 bits per heavy atom. The molecule has 3 aromatic carbocycles. The lowest BCUT2D eigenvalue weighted by Crippen LogP contribution is -2.15. The zero-order valence-corrected chi connectivity index (χ0v) is 18.6. The van der Waals surface area contributed by atoms with Crippen molar-refractivity contribution < 1.29 is 24.3 Å². The van der Waals surface area contributed by atoms with E-state index < -0.39 is 5.91 Å². The molecule has 3 aromatic rings. The van der Waals surface area contributed by atoms with E-state index >= 15 is 0 Å². The third-order valence-electron chi connectivity index (χ3n) is 4.60. The molecule has 0 saturated carbocycles. The number of carbonyl (C=O) groups excluding carboxylic acids is 4. The number of benzene rings is 3. The molecular formula is C25H24N4O5. The molecule has 0 atom stereocenters. The molecule has 0 saturated heterocycles. The molecule has 3 rings (SSSR count). The highest BCUT2D eigenvalue weighted by Gasteiger charge is 2.11. The predicted molar refractivity (Wildman–Crippen MR) is 130 cm³/mol. The summed E-state index contributed by atoms with van der Waals surface area (Å²) >= 11 is 0. The van der Waals surface area contributed by atoms with E-state index in [9.17, 15) is 24.3 Å². The molecule has 9 heteroatoms. The molecule has 0 bridgehead atoms. The van der Waals surface area contributed by atoms with Crippen molar-refractivity contribution in [3.8, 4) is 0 Å². The van der Waals surface area contributed by atoms with Crippen molar-refractivity contribution in [2.45, 2.75) is 20.5 Å². The normalized spacial score (nSPS) is 10.2. The minimum Gasteiger partial charge on any atom is -0.392 e. The highest BCUT2D eigenvalue weighted by Crippen LogP contribution is 2.21. The Morgan fingerprint density at radius 2 is 1.03 bits per heavy atom. The highest BCUT2D eigenvalue weighted by molar-refractivity contribution is 6.07. The number of nitrogens with one attached hydrogen (secondary N) is 4. The van der Waals surface area contributed by atoms with Crippen LogP contribution in [0.2, 0.25) is 0 Å². The average Bonchev–Trinajstić information content (AvgIpc) is 2.78. The van der Waals surface area contributed by atoms with Crippen LogP contribution in [0.15, 0.2) is 66.7 Å². The number of amides is 4. The van der Waals surface area contributed by atoms with Crippen molar-refractivity contribution in [3.63, 3.8) is 0 Å². The molecule has 4 amide bonds. The first kappa shape index (κ1) is 24.1. The van der Waals surface area contributed by atoms with Crippen LogP contribution in [-0.4, -0.2) is 28.7 Å². The minimum atomic E-state index is -0.418. The van der Waals surface area contributed by atoms with Gasteiger partial charge in [0.15, 0.2) is 0 Å². The number of aliphatic hydroxyl groups excluding tert-OH is 1. The van der Waals surface area contributed by atoms with Crippen LogP contribution in [0.4, 0.5) is 22.7 Å². The molecule has 0 aliphatic heterocycles. The Kier molecular flexibility index (Phi) is 7.73. The molecule has 5 N–H and O–H groups in total. The summed E-state index contributed by atoms with van der Waals surface area (Å²) in [5.74, 6) is -1.28. The fraction of sp³-hybridized carbons (Fsp3) is 0.120. The van der Waals surface area contributed by atoms with Gasteiger partial charge in [-0.1, -0.05) is 6.07 Å². The number of carbonyl (C=O) groups is 4. The Labute approximate surface area is 196 Å². The first-order valence-corrected chi connectivity index (χ1v) is 10.4. The summed E-state index contributed by atoms with van der Waals surface area (Å²) in [5, 5.41) is 20.2. The summed E-state index contributed by atoms with van der Waals surface area (Å²) in [4.78, 5) is 47.7. The molecule has 0 unspecified atom stereocenters. The van der Waals surface area contributed by atoms with Gasteiger partial charge >= 0.3 is 0 Å². The van der Waals surface area contributed by atoms with E-state index in [1.165, 1.54) is 38.1 Å². The van der Waals surface area contributed by atoms with Gasteiger partial charge in [-0.3, -0.25) is 19.2 Å². The Bertz CT molecular complexity index is 1240. The van der Waals surface area contributed by atoms with E-state index in [0.29, 0.717) is 39.4 Å². The molecule has 0 fully saturated rings. The molecule has 9 nitrogen and oxygen atoms in total. The summed E-state index contributed by atoms with van der Waals surface area (Å²) in [5.41, 5.74) is 3.11. The van der Waals surface area contributed by atoms with Gasteiger partial charge in [0.25, 0.3) is 11.8 Å². The summed E-state index contributed by atoms with van der Waals surface area (Å²) in [6.45, 7) is 2.50. The van der Waals surface area contributed by atoms with E-state index in [4.69, 9.17) is 0 Å². The first-order valence-electron chi connectivity index (χ1n) is 10.4. The van der Waals surface area contributed by atoms with Gasteiger partial charge in [0.05, 0.1) is 6.61 Å². The standard InChI is InChI=1S/C25H24N4O5/c1-15(31)26-20-4-3-5-21(12-20)28-24(33)18-6-8-19(9-7-18)25(34)29-23-11-17(14-30)10-22(13-23)27-16(2)32/h3-13,30H,14H2,1-2H3,(H,26,31)(H,27,32)(H,28,33)(H,29,34). The topological polar surface area (TPSA) is 137 Å². The highest BCUT2D eigenvalue weighted by atomic mass is 16.3. The van der Waals surface area contributed by atoms with Crippen molar-refractivity contribution in [1.29, 1.82) is 0 Å². The number of aliphatic hydroxyl groups is 1. The van der Waals surface area contributed by atoms with Crippen molar-refractivity contribution in [2.24, 2.45) is 0 Å². The number of anilines is 4. The van der Waals surface area contributed by atoms with Gasteiger partial charge in [-0.05, 0) is 66.2 Å². The van der Waals surface area contributed by atoms with E-state index in [0.717, 1.165) is 0 Å². The molecule has 0 radical (unpaired) electrons. The van der Waals surface area contributed by atoms with Crippen molar-refractivity contribution in [3.05, 3.63) is 83.4 Å². The van der Waals surface area contributed by atoms with Crippen LogP contribution in [-0.2, 0) is 16.2 Å². The first-order chi connectivity index (χ1) is 16.2. The van der Waals surface area contributed by atoms with E-state index in [1.54, 1.807) is 42.5 Å². The van der Waals surface area contributed by atoms with Gasteiger partial charge in [-0.2, -0.15) is 0 Å². The maximum Gasteiger partial charge on any atom is 0.255 e. The van der Waals surface area contributed by atoms with Crippen molar-refractivity contribution in [2.75, 3.05) is 21.3 Å². The largest absolute Gasteiger partial charge is 0.392 e. The van der Waals surface area contributed by atoms with Gasteiger partial charge in [0.2, 0.25) is 11.8 Å². The van der Waals surface area contributed by atoms with Gasteiger partial charge in [0.1, 0.15) is 0 Å². The van der Waals surface area contributed by atoms with E-state index in [1.807, 2.05) is 0 Å². The second kappa shape index (κ2) is 10.9. The van der Waals surface area contributed by atoms with Gasteiger partial charge < -0.3 is 26.4 Å². The summed E-state index contributed by atoms with van der Waals surface area (Å²) < 4.78 is 0. The third kappa shape index (κ3) is 6.75. The zero-order chi connectivity index (χ0) is 24.7. The maximum atomic E-state index is 12.6. The SMILES string of the molecule is CC(=O)Nc1cccc(NC(=O)c2ccc(C(=O)Nc3cc(CO)cc(NC(C)=O)c3)cc2)c1. The predicted octanol–water partition coefficient (Wildman–Crippen LogP) is 3.60. The van der Waals surface area contributed by atoms with Crippen LogP contribution in [0.1, 0.15) is 40.1 Å². The van der Waals surface area contributed by atoms with Crippen molar-refractivity contribution in [1.82, 2.24) is 0 Å². The number of hydrogen-bond donors (Lipinski definition) is 5. The Hall–Kier alpha value is -4.50. The second-order valence-electron chi connectivity index (χ2n) is 7.51. The Morgan fingerprint density at radius 3 is 1.53 bits per heavy atom.